The molecule has 3 rings (SSSR count). The maximum Gasteiger partial charge on any atom is 0.165 e. The number of nitriles is 1. The van der Waals surface area contributed by atoms with Crippen LogP contribution < -0.4 is 14.5 Å². The van der Waals surface area contributed by atoms with Gasteiger partial charge < -0.3 is 14.5 Å². The molecule has 1 heterocycles. The highest BCUT2D eigenvalue weighted by atomic mass is 16.5. The van der Waals surface area contributed by atoms with Crippen LogP contribution in [-0.4, -0.2) is 39.8 Å². The second-order valence-electron chi connectivity index (χ2n) is 9.19. The van der Waals surface area contributed by atoms with E-state index >= 15 is 0 Å². The highest BCUT2D eigenvalue weighted by Gasteiger charge is 2.46. The van der Waals surface area contributed by atoms with E-state index in [0.717, 1.165) is 25.3 Å². The number of piperidine rings is 1. The van der Waals surface area contributed by atoms with Crippen LogP contribution in [0.5, 0.6) is 5.75 Å². The molecule has 0 aromatic heterocycles. The van der Waals surface area contributed by atoms with E-state index in [-0.39, 0.29) is 5.41 Å². The number of likely N-dealkylation sites (tertiary alicyclic amines) is 1. The van der Waals surface area contributed by atoms with Gasteiger partial charge in [0.15, 0.2) is 6.54 Å². The highest BCUT2D eigenvalue weighted by Crippen LogP contribution is 2.40. The molecule has 0 amide bonds. The van der Waals surface area contributed by atoms with Gasteiger partial charge in [-0.3, -0.25) is 0 Å². The number of ether oxygens (including phenoxy) is 1. The first-order chi connectivity index (χ1) is 14.5. The zero-order chi connectivity index (χ0) is 21.6. The first-order valence-corrected chi connectivity index (χ1v) is 11.2. The van der Waals surface area contributed by atoms with Crippen molar-refractivity contribution in [1.29, 1.82) is 5.26 Å². The van der Waals surface area contributed by atoms with Gasteiger partial charge in [-0.2, -0.15) is 5.26 Å². The Morgan fingerprint density at radius 1 is 1.13 bits per heavy atom. The molecule has 5 atom stereocenters. The monoisotopic (exact) mass is 407 g/mol. The summed E-state index contributed by atoms with van der Waals surface area (Å²) >= 11 is 0. The van der Waals surface area contributed by atoms with Crippen molar-refractivity contribution in [1.82, 2.24) is 0 Å². The van der Waals surface area contributed by atoms with Crippen LogP contribution in [0.1, 0.15) is 37.8 Å². The largest absolute Gasteiger partial charge is 0.497 e. The van der Waals surface area contributed by atoms with E-state index in [1.807, 2.05) is 12.1 Å². The number of hydrogen-bond acceptors (Lipinski definition) is 2. The van der Waals surface area contributed by atoms with Gasteiger partial charge in [-0.15, -0.1) is 0 Å². The molecule has 4 nitrogen and oxygen atoms in total. The average Bonchev–Trinajstić information content (AvgIpc) is 2.76. The van der Waals surface area contributed by atoms with Gasteiger partial charge in [0, 0.05) is 29.7 Å². The van der Waals surface area contributed by atoms with Crippen LogP contribution in [0.2, 0.25) is 0 Å². The Morgan fingerprint density at radius 3 is 2.47 bits per heavy atom. The van der Waals surface area contributed by atoms with E-state index < -0.39 is 0 Å². The van der Waals surface area contributed by atoms with Gasteiger partial charge in [0.25, 0.3) is 0 Å². The standard InChI is InChI=1S/C26H35N3O/c1-21-19-28(3)22(2)18-26(21,24-8-6-5-7-9-24)14-16-29(17-15-27)20-23-10-12-25(30-4)13-11-23/h5-13,21-22H,14,16-20H2,1-4H3/p+2/t21-,22-,26+/m1/s1. The predicted octanol–water partition coefficient (Wildman–Crippen LogP) is 1.87. The van der Waals surface area contributed by atoms with Crippen LogP contribution in [0.4, 0.5) is 0 Å². The summed E-state index contributed by atoms with van der Waals surface area (Å²) in [5.41, 5.74) is 2.91. The van der Waals surface area contributed by atoms with E-state index in [9.17, 15) is 5.26 Å². The molecule has 2 N–H and O–H groups in total. The molecule has 2 aromatic rings. The Hall–Kier alpha value is -2.35. The van der Waals surface area contributed by atoms with Crippen molar-refractivity contribution >= 4 is 0 Å². The fourth-order valence-electron chi connectivity index (χ4n) is 5.25. The van der Waals surface area contributed by atoms with E-state index in [0.29, 0.717) is 18.5 Å². The summed E-state index contributed by atoms with van der Waals surface area (Å²) < 4.78 is 5.28. The maximum absolute atomic E-state index is 9.45. The van der Waals surface area contributed by atoms with Crippen molar-refractivity contribution in [2.45, 2.75) is 44.7 Å². The van der Waals surface area contributed by atoms with Gasteiger partial charge in [0.1, 0.15) is 18.4 Å². The Balaban J connectivity index is 1.79. The molecule has 0 aliphatic carbocycles. The molecule has 4 heteroatoms. The van der Waals surface area contributed by atoms with Crippen LogP contribution in [0, 0.1) is 17.2 Å². The molecule has 30 heavy (non-hydrogen) atoms. The van der Waals surface area contributed by atoms with Crippen molar-refractivity contribution in [3.8, 4) is 11.8 Å². The fourth-order valence-corrected chi connectivity index (χ4v) is 5.25. The Kier molecular flexibility index (Phi) is 7.53. The topological polar surface area (TPSA) is 41.9 Å². The van der Waals surface area contributed by atoms with E-state index in [4.69, 9.17) is 4.74 Å². The zero-order valence-corrected chi connectivity index (χ0v) is 18.9. The molecule has 1 aliphatic heterocycles. The lowest BCUT2D eigenvalue weighted by Crippen LogP contribution is -3.15. The minimum atomic E-state index is 0.181. The summed E-state index contributed by atoms with van der Waals surface area (Å²) in [7, 11) is 4.02. The summed E-state index contributed by atoms with van der Waals surface area (Å²) in [4.78, 5) is 2.97. The highest BCUT2D eigenvalue weighted by molar-refractivity contribution is 5.28. The molecule has 0 radical (unpaired) electrons. The van der Waals surface area contributed by atoms with Crippen molar-refractivity contribution in [3.05, 3.63) is 65.7 Å². The Morgan fingerprint density at radius 2 is 1.83 bits per heavy atom. The number of hydrogen-bond donors (Lipinski definition) is 2. The molecular formula is C26H37N3O+2. The molecule has 0 saturated carbocycles. The van der Waals surface area contributed by atoms with Gasteiger partial charge in [0.2, 0.25) is 0 Å². The number of quaternary nitrogens is 2. The molecule has 1 fully saturated rings. The van der Waals surface area contributed by atoms with E-state index in [1.165, 1.54) is 29.0 Å². The first kappa shape index (κ1) is 22.3. The van der Waals surface area contributed by atoms with Crippen LogP contribution >= 0.6 is 0 Å². The number of nitrogens with zero attached hydrogens (tertiary/aromatic N) is 1. The van der Waals surface area contributed by atoms with Crippen LogP contribution in [0.15, 0.2) is 54.6 Å². The normalized spacial score (nSPS) is 27.2. The van der Waals surface area contributed by atoms with Gasteiger partial charge in [-0.1, -0.05) is 37.3 Å². The summed E-state index contributed by atoms with van der Waals surface area (Å²) in [5.74, 6) is 1.49. The zero-order valence-electron chi connectivity index (χ0n) is 18.9. The second-order valence-corrected chi connectivity index (χ2v) is 9.19. The van der Waals surface area contributed by atoms with Crippen molar-refractivity contribution in [2.24, 2.45) is 5.92 Å². The fraction of sp³-hybridized carbons (Fsp3) is 0.500. The van der Waals surface area contributed by atoms with Crippen molar-refractivity contribution in [2.75, 3.05) is 33.8 Å². The predicted molar refractivity (Wildman–Crippen MR) is 121 cm³/mol. The lowest BCUT2D eigenvalue weighted by atomic mass is 9.63. The van der Waals surface area contributed by atoms with Gasteiger partial charge in [0.05, 0.1) is 33.3 Å². The molecular weight excluding hydrogens is 370 g/mol. The Labute approximate surface area is 182 Å². The van der Waals surface area contributed by atoms with Crippen molar-refractivity contribution in [3.63, 3.8) is 0 Å². The minimum Gasteiger partial charge on any atom is -0.497 e. The summed E-state index contributed by atoms with van der Waals surface area (Å²) in [5, 5.41) is 9.45. The Bertz CT molecular complexity index is 830. The third-order valence-corrected chi connectivity index (χ3v) is 7.30. The SMILES string of the molecule is COc1ccc(C[NH+](CC#N)CC[C@]2(c3ccccc3)C[C@@H](C)[NH+](C)C[C@H]2C)cc1. The molecule has 160 valence electrons. The molecule has 0 bridgehead atoms. The lowest BCUT2D eigenvalue weighted by Gasteiger charge is -2.47. The van der Waals surface area contributed by atoms with Crippen molar-refractivity contribution < 1.29 is 14.5 Å². The molecule has 2 aromatic carbocycles. The average molecular weight is 408 g/mol. The summed E-state index contributed by atoms with van der Waals surface area (Å²) in [6, 6.07) is 22.4. The van der Waals surface area contributed by atoms with Crippen LogP contribution in [-0.2, 0) is 12.0 Å². The van der Waals surface area contributed by atoms with Crippen LogP contribution in [0.3, 0.4) is 0 Å². The first-order valence-electron chi connectivity index (χ1n) is 11.2. The van der Waals surface area contributed by atoms with Gasteiger partial charge in [-0.25, -0.2) is 0 Å². The van der Waals surface area contributed by atoms with Gasteiger partial charge in [-0.05, 0) is 36.8 Å². The van der Waals surface area contributed by atoms with E-state index in [2.05, 4.69) is 69.4 Å². The lowest BCUT2D eigenvalue weighted by molar-refractivity contribution is -0.918. The summed E-state index contributed by atoms with van der Waals surface area (Å²) in [6.07, 6.45) is 2.31. The number of benzene rings is 2. The van der Waals surface area contributed by atoms with E-state index in [1.54, 1.807) is 12.0 Å². The second kappa shape index (κ2) is 10.1. The van der Waals surface area contributed by atoms with Gasteiger partial charge >= 0.3 is 0 Å². The summed E-state index contributed by atoms with van der Waals surface area (Å²) in [6.45, 7) is 8.42. The molecule has 2 unspecified atom stereocenters. The minimum absolute atomic E-state index is 0.181. The number of nitrogens with one attached hydrogen (secondary N) is 2. The third kappa shape index (κ3) is 5.03. The maximum atomic E-state index is 9.45. The molecule has 1 saturated heterocycles. The smallest absolute Gasteiger partial charge is 0.165 e. The quantitative estimate of drug-likeness (QED) is 0.656. The molecule has 0 spiro atoms. The van der Waals surface area contributed by atoms with Crippen LogP contribution in [0.25, 0.3) is 0 Å². The number of rotatable bonds is 8. The third-order valence-electron chi connectivity index (χ3n) is 7.30. The number of methoxy groups -OCH3 is 1. The molecule has 1 aliphatic rings.